The van der Waals surface area contributed by atoms with E-state index in [0.29, 0.717) is 6.61 Å². The monoisotopic (exact) mass is 365 g/mol. The summed E-state index contributed by atoms with van der Waals surface area (Å²) in [4.78, 5) is 20.4. The van der Waals surface area contributed by atoms with E-state index in [9.17, 15) is 18.0 Å². The van der Waals surface area contributed by atoms with Crippen molar-refractivity contribution in [3.63, 3.8) is 0 Å². The van der Waals surface area contributed by atoms with Crippen molar-refractivity contribution in [2.45, 2.75) is 19.1 Å². The number of aromatic amines is 1. The lowest BCUT2D eigenvalue weighted by Gasteiger charge is -2.26. The molecular formula is C16H14F3N5O2. The fraction of sp³-hybridized carbons (Fsp3) is 0.312. The molecule has 3 heterocycles. The highest BCUT2D eigenvalue weighted by molar-refractivity contribution is 5.75. The van der Waals surface area contributed by atoms with Crippen LogP contribution >= 0.6 is 0 Å². The highest BCUT2D eigenvalue weighted by Gasteiger charge is 2.24. The van der Waals surface area contributed by atoms with E-state index in [1.165, 1.54) is 22.7 Å². The number of ether oxygens (including phenoxy) is 1. The molecule has 26 heavy (non-hydrogen) atoms. The number of halogens is 3. The Morgan fingerprint density at radius 2 is 2.12 bits per heavy atom. The highest BCUT2D eigenvalue weighted by Crippen LogP contribution is 2.24. The quantitative estimate of drug-likeness (QED) is 0.766. The molecule has 1 saturated heterocycles. The van der Waals surface area contributed by atoms with E-state index in [1.807, 2.05) is 0 Å². The van der Waals surface area contributed by atoms with Crippen LogP contribution in [0.25, 0.3) is 11.0 Å². The van der Waals surface area contributed by atoms with Crippen LogP contribution in [-0.2, 0) is 11.3 Å². The molecule has 0 radical (unpaired) electrons. The Labute approximate surface area is 145 Å². The van der Waals surface area contributed by atoms with E-state index >= 15 is 0 Å². The molecule has 0 saturated carbocycles. The molecule has 0 amide bonds. The summed E-state index contributed by atoms with van der Waals surface area (Å²) in [6.07, 6.45) is 0.701. The molecule has 1 aliphatic heterocycles. The minimum absolute atomic E-state index is 0.000404. The van der Waals surface area contributed by atoms with E-state index in [-0.39, 0.29) is 35.3 Å². The van der Waals surface area contributed by atoms with Gasteiger partial charge in [-0.15, -0.1) is 5.10 Å². The number of H-pyrrole nitrogens is 1. The summed E-state index contributed by atoms with van der Waals surface area (Å²) in [7, 11) is 1.49. The second-order valence-electron chi connectivity index (χ2n) is 6.00. The van der Waals surface area contributed by atoms with Gasteiger partial charge in [0.2, 0.25) is 5.95 Å². The van der Waals surface area contributed by atoms with Crippen LogP contribution < -0.4 is 10.5 Å². The van der Waals surface area contributed by atoms with Gasteiger partial charge in [0, 0.05) is 25.4 Å². The van der Waals surface area contributed by atoms with Gasteiger partial charge in [-0.1, -0.05) is 0 Å². The van der Waals surface area contributed by atoms with Crippen molar-refractivity contribution in [1.82, 2.24) is 19.7 Å². The van der Waals surface area contributed by atoms with Crippen molar-refractivity contribution >= 4 is 22.7 Å². The number of nitrogens with one attached hydrogen (secondary N) is 1. The third kappa shape index (κ3) is 2.71. The van der Waals surface area contributed by atoms with Crippen molar-refractivity contribution in [2.24, 2.45) is 0 Å². The number of hydrogen-bond donors (Lipinski definition) is 1. The lowest BCUT2D eigenvalue weighted by atomic mass is 10.2. The molecule has 1 unspecified atom stereocenters. The van der Waals surface area contributed by atoms with Gasteiger partial charge in [-0.05, 0) is 18.6 Å². The number of benzene rings is 1. The molecule has 1 N–H and O–H groups in total. The zero-order valence-corrected chi connectivity index (χ0v) is 13.7. The average molecular weight is 365 g/mol. The second kappa shape index (κ2) is 6.13. The Balaban J connectivity index is 1.75. The third-order valence-corrected chi connectivity index (χ3v) is 4.32. The van der Waals surface area contributed by atoms with Crippen molar-refractivity contribution in [2.75, 3.05) is 18.6 Å². The number of rotatable bonds is 4. The molecule has 4 rings (SSSR count). The number of aromatic nitrogens is 4. The lowest BCUT2D eigenvalue weighted by molar-refractivity contribution is -0.0604. The second-order valence-corrected chi connectivity index (χ2v) is 6.00. The zero-order valence-electron chi connectivity index (χ0n) is 13.7. The number of nitrogens with zero attached hydrogens (tertiary/aromatic N) is 4. The predicted octanol–water partition coefficient (Wildman–Crippen LogP) is 2.09. The summed E-state index contributed by atoms with van der Waals surface area (Å²) in [5.41, 5.74) is -0.546. The van der Waals surface area contributed by atoms with E-state index < -0.39 is 23.1 Å². The van der Waals surface area contributed by atoms with Gasteiger partial charge in [-0.2, -0.15) is 4.39 Å². The van der Waals surface area contributed by atoms with Crippen LogP contribution in [0.15, 0.2) is 23.0 Å². The number of fused-ring (bicyclic) bond motifs is 1. The smallest absolute Gasteiger partial charge is 0.278 e. The third-order valence-electron chi connectivity index (χ3n) is 4.32. The SMILES string of the molecule is CN(c1ccc(F)c(F)c1)c1nc2c(F)nn(CC3CCO3)c2c(=O)[nH]1. The van der Waals surface area contributed by atoms with E-state index in [1.54, 1.807) is 0 Å². The first-order valence-electron chi connectivity index (χ1n) is 7.91. The first-order chi connectivity index (χ1) is 12.4. The highest BCUT2D eigenvalue weighted by atomic mass is 19.2. The zero-order chi connectivity index (χ0) is 18.4. The molecule has 1 aliphatic rings. The molecule has 1 aromatic carbocycles. The molecule has 10 heteroatoms. The molecule has 2 aromatic heterocycles. The van der Waals surface area contributed by atoms with Crippen LogP contribution in [0.4, 0.5) is 24.8 Å². The number of anilines is 2. The average Bonchev–Trinajstić information content (AvgIpc) is 2.89. The predicted molar refractivity (Wildman–Crippen MR) is 86.9 cm³/mol. The summed E-state index contributed by atoms with van der Waals surface area (Å²) in [5.74, 6) is -2.95. The fourth-order valence-corrected chi connectivity index (χ4v) is 2.77. The Morgan fingerprint density at radius 3 is 2.77 bits per heavy atom. The van der Waals surface area contributed by atoms with E-state index in [0.717, 1.165) is 18.6 Å². The molecule has 3 aromatic rings. The van der Waals surface area contributed by atoms with Gasteiger partial charge in [0.15, 0.2) is 22.7 Å². The van der Waals surface area contributed by atoms with Crippen LogP contribution in [0.1, 0.15) is 6.42 Å². The van der Waals surface area contributed by atoms with Crippen molar-refractivity contribution in [3.05, 3.63) is 46.1 Å². The molecule has 7 nitrogen and oxygen atoms in total. The largest absolute Gasteiger partial charge is 0.376 e. The van der Waals surface area contributed by atoms with Crippen molar-refractivity contribution in [1.29, 1.82) is 0 Å². The fourth-order valence-electron chi connectivity index (χ4n) is 2.77. The van der Waals surface area contributed by atoms with Crippen molar-refractivity contribution in [3.8, 4) is 0 Å². The molecular weight excluding hydrogens is 351 g/mol. The molecule has 1 fully saturated rings. The Hall–Kier alpha value is -2.88. The summed E-state index contributed by atoms with van der Waals surface area (Å²) >= 11 is 0. The van der Waals surface area contributed by atoms with E-state index in [4.69, 9.17) is 4.74 Å². The van der Waals surface area contributed by atoms with Gasteiger partial charge in [0.05, 0.1) is 12.6 Å². The van der Waals surface area contributed by atoms with Gasteiger partial charge < -0.3 is 9.64 Å². The maximum Gasteiger partial charge on any atom is 0.278 e. The summed E-state index contributed by atoms with van der Waals surface area (Å²) in [5, 5.41) is 3.73. The van der Waals surface area contributed by atoms with Crippen LogP contribution in [-0.4, -0.2) is 39.5 Å². The van der Waals surface area contributed by atoms with Crippen molar-refractivity contribution < 1.29 is 17.9 Å². The van der Waals surface area contributed by atoms with E-state index in [2.05, 4.69) is 15.1 Å². The normalized spacial score (nSPS) is 16.7. The summed E-state index contributed by atoms with van der Waals surface area (Å²) in [6, 6.07) is 3.22. The van der Waals surface area contributed by atoms with Crippen LogP contribution in [0.5, 0.6) is 0 Å². The minimum Gasteiger partial charge on any atom is -0.376 e. The van der Waals surface area contributed by atoms with Crippen LogP contribution in [0.3, 0.4) is 0 Å². The standard InChI is InChI=1S/C16H14F3N5O2/c1-23(8-2-3-10(17)11(18)6-8)16-20-12-13(15(25)21-16)24(22-14(12)19)7-9-4-5-26-9/h2-3,6,9H,4-5,7H2,1H3,(H,20,21,25). The van der Waals surface area contributed by atoms with Crippen LogP contribution in [0, 0.1) is 17.6 Å². The van der Waals surface area contributed by atoms with Gasteiger partial charge in [-0.3, -0.25) is 14.5 Å². The maximum atomic E-state index is 14.2. The van der Waals surface area contributed by atoms with Gasteiger partial charge in [0.1, 0.15) is 0 Å². The minimum atomic E-state index is -1.04. The number of hydrogen-bond acceptors (Lipinski definition) is 5. The van der Waals surface area contributed by atoms with Gasteiger partial charge in [-0.25, -0.2) is 13.8 Å². The molecule has 1 atom stereocenters. The molecule has 0 bridgehead atoms. The van der Waals surface area contributed by atoms with Crippen LogP contribution in [0.2, 0.25) is 0 Å². The Bertz CT molecular complexity index is 1040. The Kier molecular flexibility index (Phi) is 3.91. The first-order valence-corrected chi connectivity index (χ1v) is 7.91. The maximum absolute atomic E-state index is 14.2. The molecule has 0 aliphatic carbocycles. The molecule has 136 valence electrons. The first kappa shape index (κ1) is 16.6. The van der Waals surface area contributed by atoms with Gasteiger partial charge in [0.25, 0.3) is 11.5 Å². The topological polar surface area (TPSA) is 76.0 Å². The summed E-state index contributed by atoms with van der Waals surface area (Å²) < 4.78 is 47.3. The molecule has 0 spiro atoms. The lowest BCUT2D eigenvalue weighted by Crippen LogP contribution is -2.32. The Morgan fingerprint density at radius 1 is 1.35 bits per heavy atom. The van der Waals surface area contributed by atoms with Gasteiger partial charge >= 0.3 is 0 Å². The summed E-state index contributed by atoms with van der Waals surface area (Å²) in [6.45, 7) is 0.883.